The maximum Gasteiger partial charge on any atom is 0.205 e. The molecule has 0 bridgehead atoms. The number of nitrogens with zero attached hydrogens (tertiary/aromatic N) is 3. The molecule has 4 aromatic rings. The van der Waals surface area contributed by atoms with Crippen LogP contribution in [0.1, 0.15) is 54.9 Å². The number of benzene rings is 3. The predicted molar refractivity (Wildman–Crippen MR) is 141 cm³/mol. The van der Waals surface area contributed by atoms with Gasteiger partial charge in [-0.15, -0.1) is 10.2 Å². The lowest BCUT2D eigenvalue weighted by molar-refractivity contribution is -0.117. The number of carbonyl (C=O) groups is 1. The fourth-order valence-corrected chi connectivity index (χ4v) is 5.19. The van der Waals surface area contributed by atoms with E-state index in [1.807, 2.05) is 30.3 Å². The van der Waals surface area contributed by atoms with Crippen LogP contribution in [0.15, 0.2) is 60.7 Å². The summed E-state index contributed by atoms with van der Waals surface area (Å²) in [6.07, 6.45) is 2.81. The van der Waals surface area contributed by atoms with Crippen molar-refractivity contribution >= 4 is 5.78 Å². The minimum atomic E-state index is 0.179. The van der Waals surface area contributed by atoms with E-state index in [-0.39, 0.29) is 5.78 Å². The first-order chi connectivity index (χ1) is 17.5. The monoisotopic (exact) mass is 480 g/mol. The Bertz CT molecular complexity index is 1340. The number of aromatic nitrogens is 4. The zero-order valence-corrected chi connectivity index (χ0v) is 21.1. The van der Waals surface area contributed by atoms with Crippen molar-refractivity contribution in [1.82, 2.24) is 20.6 Å². The van der Waals surface area contributed by atoms with Gasteiger partial charge in [-0.2, -0.15) is 5.21 Å². The molecule has 1 aliphatic rings. The number of fused-ring (bicyclic) bond motifs is 1. The van der Waals surface area contributed by atoms with Gasteiger partial charge in [0.25, 0.3) is 0 Å². The van der Waals surface area contributed by atoms with Crippen LogP contribution in [0, 0.1) is 12.8 Å². The largest absolute Gasteiger partial charge is 0.493 e. The molecule has 0 saturated carbocycles. The normalized spacial score (nSPS) is 15.3. The Labute approximate surface area is 212 Å². The van der Waals surface area contributed by atoms with Crippen molar-refractivity contribution in [2.24, 2.45) is 5.92 Å². The third kappa shape index (κ3) is 5.08. The van der Waals surface area contributed by atoms with E-state index < -0.39 is 0 Å². The highest BCUT2D eigenvalue weighted by Crippen LogP contribution is 2.43. The second-order valence-corrected chi connectivity index (χ2v) is 10.1. The molecule has 6 nitrogen and oxygen atoms in total. The van der Waals surface area contributed by atoms with Crippen molar-refractivity contribution in [2.45, 2.75) is 52.4 Å². The molecule has 1 N–H and O–H groups in total. The highest BCUT2D eigenvalue weighted by Gasteiger charge is 2.27. The number of hydrogen-bond acceptors (Lipinski definition) is 5. The molecule has 1 aliphatic heterocycles. The van der Waals surface area contributed by atoms with Gasteiger partial charge in [-0.1, -0.05) is 67.9 Å². The SMILES string of the molecule is Cc1ccc(CC(=O)Cc2cc(-c3ccccc3-c3nn[nH]n3)cc3c2OCCCC3C(C)C)cc1. The van der Waals surface area contributed by atoms with Crippen LogP contribution in [-0.2, 0) is 17.6 Å². The standard InChI is InChI=1S/C30H32N4O2/c1-19(2)25-9-6-14-36-29-23(17-24(35)15-21-12-10-20(3)11-13-21)16-22(18-28(25)29)26-7-4-5-8-27(26)30-31-33-34-32-30/h4-5,7-8,10-13,16,18-19,25H,6,9,14-15,17H2,1-3H3,(H,31,32,33,34). The maximum atomic E-state index is 13.3. The van der Waals surface area contributed by atoms with Crippen molar-refractivity contribution < 1.29 is 9.53 Å². The number of nitrogens with one attached hydrogen (secondary N) is 1. The van der Waals surface area contributed by atoms with Gasteiger partial charge in [0, 0.05) is 24.0 Å². The van der Waals surface area contributed by atoms with Crippen molar-refractivity contribution in [3.05, 3.63) is 82.9 Å². The molecular formula is C30H32N4O2. The van der Waals surface area contributed by atoms with Gasteiger partial charge in [-0.3, -0.25) is 4.79 Å². The van der Waals surface area contributed by atoms with E-state index in [4.69, 9.17) is 4.74 Å². The summed E-state index contributed by atoms with van der Waals surface area (Å²) in [6, 6.07) is 20.6. The number of carbonyl (C=O) groups excluding carboxylic acids is 1. The van der Waals surface area contributed by atoms with Gasteiger partial charge >= 0.3 is 0 Å². The van der Waals surface area contributed by atoms with Crippen LogP contribution >= 0.6 is 0 Å². The smallest absolute Gasteiger partial charge is 0.205 e. The third-order valence-corrected chi connectivity index (χ3v) is 7.04. The second-order valence-electron chi connectivity index (χ2n) is 10.1. The Kier molecular flexibility index (Phi) is 6.94. The zero-order valence-electron chi connectivity index (χ0n) is 21.1. The van der Waals surface area contributed by atoms with Crippen LogP contribution in [0.2, 0.25) is 0 Å². The van der Waals surface area contributed by atoms with E-state index in [2.05, 4.69) is 71.7 Å². The lowest BCUT2D eigenvalue weighted by Crippen LogP contribution is -2.11. The van der Waals surface area contributed by atoms with Crippen molar-refractivity contribution in [3.63, 3.8) is 0 Å². The molecule has 0 fully saturated rings. The summed E-state index contributed by atoms with van der Waals surface area (Å²) in [6.45, 7) is 7.26. The first-order valence-electron chi connectivity index (χ1n) is 12.7. The summed E-state index contributed by atoms with van der Waals surface area (Å²) in [4.78, 5) is 13.3. The van der Waals surface area contributed by atoms with Gasteiger partial charge < -0.3 is 4.74 Å². The number of ketones is 1. The van der Waals surface area contributed by atoms with Crippen LogP contribution in [0.5, 0.6) is 5.75 Å². The fourth-order valence-electron chi connectivity index (χ4n) is 5.19. The lowest BCUT2D eigenvalue weighted by atomic mass is 9.81. The van der Waals surface area contributed by atoms with Crippen LogP contribution in [0.4, 0.5) is 0 Å². The topological polar surface area (TPSA) is 80.8 Å². The number of rotatable bonds is 7. The van der Waals surface area contributed by atoms with Crippen LogP contribution in [0.25, 0.3) is 22.5 Å². The second kappa shape index (κ2) is 10.4. The van der Waals surface area contributed by atoms with Gasteiger partial charge in [-0.25, -0.2) is 0 Å². The molecule has 0 amide bonds. The summed E-state index contributed by atoms with van der Waals surface area (Å²) < 4.78 is 6.33. The van der Waals surface area contributed by atoms with Crippen LogP contribution in [0.3, 0.4) is 0 Å². The molecule has 6 heteroatoms. The molecule has 0 spiro atoms. The molecule has 0 saturated heterocycles. The number of hydrogen-bond donors (Lipinski definition) is 1. The molecule has 0 aliphatic carbocycles. The van der Waals surface area contributed by atoms with E-state index in [0.717, 1.165) is 46.4 Å². The van der Waals surface area contributed by atoms with E-state index in [1.165, 1.54) is 11.1 Å². The number of aryl methyl sites for hydroxylation is 1. The summed E-state index contributed by atoms with van der Waals surface area (Å²) in [5.41, 5.74) is 7.34. The van der Waals surface area contributed by atoms with Gasteiger partial charge in [0.05, 0.1) is 6.61 Å². The summed E-state index contributed by atoms with van der Waals surface area (Å²) in [5.74, 6) is 2.45. The molecule has 0 radical (unpaired) electrons. The minimum absolute atomic E-state index is 0.179. The Morgan fingerprint density at radius 2 is 1.83 bits per heavy atom. The Hall–Kier alpha value is -3.80. The Balaban J connectivity index is 1.59. The highest BCUT2D eigenvalue weighted by atomic mass is 16.5. The summed E-state index contributed by atoms with van der Waals surface area (Å²) in [5, 5.41) is 14.7. The quantitative estimate of drug-likeness (QED) is 0.345. The molecule has 1 unspecified atom stereocenters. The first kappa shape index (κ1) is 23.9. The minimum Gasteiger partial charge on any atom is -0.493 e. The number of tetrazole rings is 1. The van der Waals surface area contributed by atoms with Crippen molar-refractivity contribution in [3.8, 4) is 28.3 Å². The van der Waals surface area contributed by atoms with Crippen LogP contribution < -0.4 is 4.74 Å². The van der Waals surface area contributed by atoms with Crippen LogP contribution in [-0.4, -0.2) is 33.0 Å². The number of Topliss-reactive ketones (excluding diaryl/α,β-unsaturated/α-hetero) is 1. The Morgan fingerprint density at radius 3 is 2.56 bits per heavy atom. The van der Waals surface area contributed by atoms with E-state index >= 15 is 0 Å². The van der Waals surface area contributed by atoms with E-state index in [1.54, 1.807) is 0 Å². The highest BCUT2D eigenvalue weighted by molar-refractivity contribution is 5.86. The maximum absolute atomic E-state index is 13.3. The van der Waals surface area contributed by atoms with Gasteiger partial charge in [0.2, 0.25) is 5.82 Å². The van der Waals surface area contributed by atoms with Gasteiger partial charge in [-0.05, 0) is 71.2 Å². The van der Waals surface area contributed by atoms with Crippen molar-refractivity contribution in [2.75, 3.05) is 6.61 Å². The summed E-state index contributed by atoms with van der Waals surface area (Å²) in [7, 11) is 0. The number of aromatic amines is 1. The van der Waals surface area contributed by atoms with Crippen molar-refractivity contribution in [1.29, 1.82) is 0 Å². The first-order valence-corrected chi connectivity index (χ1v) is 12.7. The molecule has 1 atom stereocenters. The molecule has 184 valence electrons. The average molecular weight is 481 g/mol. The zero-order chi connectivity index (χ0) is 25.1. The van der Waals surface area contributed by atoms with E-state index in [9.17, 15) is 4.79 Å². The van der Waals surface area contributed by atoms with Gasteiger partial charge in [0.15, 0.2) is 0 Å². The molecular weight excluding hydrogens is 448 g/mol. The predicted octanol–water partition coefficient (Wildman–Crippen LogP) is 6.11. The van der Waals surface area contributed by atoms with E-state index in [0.29, 0.717) is 37.1 Å². The molecule has 1 aromatic heterocycles. The number of H-pyrrole nitrogens is 1. The molecule has 2 heterocycles. The van der Waals surface area contributed by atoms with Gasteiger partial charge in [0.1, 0.15) is 11.5 Å². The third-order valence-electron chi connectivity index (χ3n) is 7.04. The molecule has 5 rings (SSSR count). The average Bonchev–Trinajstić information content (AvgIpc) is 3.32. The summed E-state index contributed by atoms with van der Waals surface area (Å²) >= 11 is 0. The lowest BCUT2D eigenvalue weighted by Gasteiger charge is -2.23. The molecule has 36 heavy (non-hydrogen) atoms. The number of ether oxygens (including phenoxy) is 1. The Morgan fingerprint density at radius 1 is 1.06 bits per heavy atom. The fraction of sp³-hybridized carbons (Fsp3) is 0.333. The molecule has 3 aromatic carbocycles.